The average Bonchev–Trinajstić information content (AvgIpc) is 2.19. The largest absolute Gasteiger partial charge is 0.494 e. The molecule has 1 heterocycles. The lowest BCUT2D eigenvalue weighted by Gasteiger charge is -2.38. The third kappa shape index (κ3) is 3.51. The quantitative estimate of drug-likeness (QED) is 0.647. The maximum Gasteiger partial charge on any atom is 0.494 e. The fourth-order valence-electron chi connectivity index (χ4n) is 1.10. The molecule has 0 aromatic carbocycles. The molecule has 0 aliphatic rings. The SMILES string of the molecule is CC(C)(O)C(C)(C)OB(O)c1cc(F)cnc1Br. The van der Waals surface area contributed by atoms with Crippen molar-refractivity contribution >= 4 is 28.5 Å². The Morgan fingerprint density at radius 2 is 1.94 bits per heavy atom. The molecule has 0 saturated carbocycles. The molecule has 18 heavy (non-hydrogen) atoms. The van der Waals surface area contributed by atoms with Crippen molar-refractivity contribution in [2.24, 2.45) is 0 Å². The number of halogens is 2. The molecule has 0 amide bonds. The van der Waals surface area contributed by atoms with Gasteiger partial charge in [0.1, 0.15) is 10.4 Å². The van der Waals surface area contributed by atoms with E-state index in [2.05, 4.69) is 20.9 Å². The minimum atomic E-state index is -1.39. The van der Waals surface area contributed by atoms with Crippen molar-refractivity contribution in [1.29, 1.82) is 0 Å². The lowest BCUT2D eigenvalue weighted by molar-refractivity contribution is -0.0982. The van der Waals surface area contributed by atoms with E-state index in [0.29, 0.717) is 4.60 Å². The zero-order valence-corrected chi connectivity index (χ0v) is 12.3. The maximum absolute atomic E-state index is 13.1. The van der Waals surface area contributed by atoms with Crippen molar-refractivity contribution in [1.82, 2.24) is 4.98 Å². The van der Waals surface area contributed by atoms with E-state index < -0.39 is 24.1 Å². The number of hydrogen-bond acceptors (Lipinski definition) is 4. The first-order valence-corrected chi connectivity index (χ1v) is 6.23. The van der Waals surface area contributed by atoms with E-state index in [1.54, 1.807) is 27.7 Å². The Balaban J connectivity index is 2.95. The molecule has 7 heteroatoms. The Morgan fingerprint density at radius 1 is 1.39 bits per heavy atom. The Bertz CT molecular complexity index is 437. The second-order valence-electron chi connectivity index (χ2n) is 5.07. The second-order valence-corrected chi connectivity index (χ2v) is 5.82. The molecule has 4 nitrogen and oxygen atoms in total. The summed E-state index contributed by atoms with van der Waals surface area (Å²) in [5.74, 6) is -0.572. The first kappa shape index (κ1) is 15.6. The van der Waals surface area contributed by atoms with Gasteiger partial charge in [-0.2, -0.15) is 0 Å². The van der Waals surface area contributed by atoms with E-state index in [9.17, 15) is 14.5 Å². The predicted octanol–water partition coefficient (Wildman–Crippen LogP) is 1.24. The van der Waals surface area contributed by atoms with Crippen LogP contribution in [0.15, 0.2) is 16.9 Å². The third-order valence-corrected chi connectivity index (χ3v) is 3.64. The molecule has 0 aliphatic carbocycles. The number of pyridine rings is 1. The summed E-state index contributed by atoms with van der Waals surface area (Å²) in [5.41, 5.74) is -2.01. The number of hydrogen-bond donors (Lipinski definition) is 2. The number of rotatable bonds is 4. The summed E-state index contributed by atoms with van der Waals surface area (Å²) in [4.78, 5) is 3.73. The maximum atomic E-state index is 13.1. The second kappa shape index (κ2) is 5.24. The summed E-state index contributed by atoms with van der Waals surface area (Å²) in [6.07, 6.45) is 1.03. The van der Waals surface area contributed by atoms with E-state index in [0.717, 1.165) is 12.3 Å². The number of aromatic nitrogens is 1. The van der Waals surface area contributed by atoms with Crippen molar-refractivity contribution in [3.05, 3.63) is 22.7 Å². The molecule has 1 aromatic rings. The first-order chi connectivity index (χ1) is 8.04. The molecule has 0 saturated heterocycles. The third-order valence-electron chi connectivity index (χ3n) is 2.98. The van der Waals surface area contributed by atoms with Gasteiger partial charge in [0.2, 0.25) is 0 Å². The Morgan fingerprint density at radius 3 is 2.44 bits per heavy atom. The lowest BCUT2D eigenvalue weighted by atomic mass is 9.77. The molecule has 2 N–H and O–H groups in total. The standard InChI is InChI=1S/C11H16BBrFNO3/c1-10(2,16)11(3,4)18-12(17)8-5-7(14)6-15-9(8)13/h5-6,16-17H,1-4H3. The minimum absolute atomic E-state index is 0.173. The van der Waals surface area contributed by atoms with Gasteiger partial charge in [0.25, 0.3) is 0 Å². The summed E-state index contributed by atoms with van der Waals surface area (Å²) >= 11 is 3.11. The summed E-state index contributed by atoms with van der Waals surface area (Å²) < 4.78 is 18.8. The number of aliphatic hydroxyl groups is 1. The lowest BCUT2D eigenvalue weighted by Crippen LogP contribution is -2.53. The van der Waals surface area contributed by atoms with Gasteiger partial charge in [-0.05, 0) is 49.7 Å². The zero-order chi connectivity index (χ0) is 14.1. The van der Waals surface area contributed by atoms with Crippen molar-refractivity contribution in [2.45, 2.75) is 38.9 Å². The van der Waals surface area contributed by atoms with Crippen LogP contribution in [0.3, 0.4) is 0 Å². The minimum Gasteiger partial charge on any atom is -0.423 e. The van der Waals surface area contributed by atoms with Crippen LogP contribution >= 0.6 is 15.9 Å². The van der Waals surface area contributed by atoms with Gasteiger partial charge in [0.05, 0.1) is 17.4 Å². The molecule has 0 radical (unpaired) electrons. The monoisotopic (exact) mass is 319 g/mol. The summed E-state index contributed by atoms with van der Waals surface area (Å²) in [6, 6.07) is 1.13. The van der Waals surface area contributed by atoms with Gasteiger partial charge in [0, 0.05) is 5.46 Å². The highest BCUT2D eigenvalue weighted by Gasteiger charge is 2.40. The molecule has 1 aromatic heterocycles. The molecule has 0 unspecified atom stereocenters. The first-order valence-electron chi connectivity index (χ1n) is 5.44. The van der Waals surface area contributed by atoms with Gasteiger partial charge in [-0.3, -0.25) is 0 Å². The van der Waals surface area contributed by atoms with Gasteiger partial charge < -0.3 is 14.8 Å². The molecular formula is C11H16BBrFNO3. The molecule has 0 aliphatic heterocycles. The normalized spacial score (nSPS) is 12.7. The molecule has 100 valence electrons. The van der Waals surface area contributed by atoms with Crippen LogP contribution in [0.1, 0.15) is 27.7 Å². The van der Waals surface area contributed by atoms with Crippen LogP contribution in [0.5, 0.6) is 0 Å². The molecule has 1 rings (SSSR count). The fourth-order valence-corrected chi connectivity index (χ4v) is 1.51. The van der Waals surface area contributed by atoms with Crippen LogP contribution in [0.4, 0.5) is 4.39 Å². The van der Waals surface area contributed by atoms with Gasteiger partial charge in [-0.25, -0.2) is 9.37 Å². The van der Waals surface area contributed by atoms with Crippen molar-refractivity contribution in [2.75, 3.05) is 0 Å². The predicted molar refractivity (Wildman–Crippen MR) is 71.0 cm³/mol. The topological polar surface area (TPSA) is 62.6 Å². The van der Waals surface area contributed by atoms with E-state index in [1.807, 2.05) is 0 Å². The van der Waals surface area contributed by atoms with Gasteiger partial charge >= 0.3 is 7.12 Å². The Hall–Kier alpha value is -0.495. The summed E-state index contributed by atoms with van der Waals surface area (Å²) in [7, 11) is -1.39. The highest BCUT2D eigenvalue weighted by molar-refractivity contribution is 9.10. The molecule has 0 fully saturated rings. The van der Waals surface area contributed by atoms with Crippen molar-refractivity contribution < 1.29 is 19.2 Å². The van der Waals surface area contributed by atoms with Crippen LogP contribution in [-0.2, 0) is 4.65 Å². The smallest absolute Gasteiger partial charge is 0.423 e. The van der Waals surface area contributed by atoms with Crippen LogP contribution in [0.2, 0.25) is 0 Å². The fraction of sp³-hybridized carbons (Fsp3) is 0.545. The van der Waals surface area contributed by atoms with E-state index in [4.69, 9.17) is 4.65 Å². The van der Waals surface area contributed by atoms with Crippen LogP contribution in [0.25, 0.3) is 0 Å². The number of nitrogens with zero attached hydrogens (tertiary/aromatic N) is 1. The van der Waals surface area contributed by atoms with Crippen LogP contribution in [0, 0.1) is 5.82 Å². The van der Waals surface area contributed by atoms with Gasteiger partial charge in [-0.15, -0.1) is 0 Å². The summed E-state index contributed by atoms with van der Waals surface area (Å²) in [6.45, 7) is 6.41. The van der Waals surface area contributed by atoms with E-state index in [1.165, 1.54) is 0 Å². The summed E-state index contributed by atoms with van der Waals surface area (Å²) in [5, 5.41) is 19.9. The highest BCUT2D eigenvalue weighted by atomic mass is 79.9. The van der Waals surface area contributed by atoms with Crippen molar-refractivity contribution in [3.63, 3.8) is 0 Å². The van der Waals surface area contributed by atoms with Gasteiger partial charge in [0.15, 0.2) is 0 Å². The highest BCUT2D eigenvalue weighted by Crippen LogP contribution is 2.25. The van der Waals surface area contributed by atoms with E-state index >= 15 is 0 Å². The van der Waals surface area contributed by atoms with E-state index in [-0.39, 0.29) is 5.46 Å². The molecule has 0 spiro atoms. The van der Waals surface area contributed by atoms with Crippen LogP contribution < -0.4 is 5.46 Å². The molecule has 0 bridgehead atoms. The Labute approximate surface area is 114 Å². The average molecular weight is 320 g/mol. The zero-order valence-electron chi connectivity index (χ0n) is 10.7. The molecule has 0 atom stereocenters. The van der Waals surface area contributed by atoms with Gasteiger partial charge in [-0.1, -0.05) is 0 Å². The molecular weight excluding hydrogens is 304 g/mol. The Kier molecular flexibility index (Phi) is 4.53. The van der Waals surface area contributed by atoms with Crippen molar-refractivity contribution in [3.8, 4) is 0 Å². The van der Waals surface area contributed by atoms with Crippen LogP contribution in [-0.4, -0.2) is 33.4 Å².